The third-order valence-corrected chi connectivity index (χ3v) is 5.47. The van der Waals surface area contributed by atoms with Gasteiger partial charge in [0.1, 0.15) is 0 Å². The number of carbonyl (C=O) groups excluding carboxylic acids is 1. The van der Waals surface area contributed by atoms with Gasteiger partial charge < -0.3 is 9.47 Å². The zero-order chi connectivity index (χ0) is 19.6. The van der Waals surface area contributed by atoms with Crippen molar-refractivity contribution >= 4 is 5.97 Å². The van der Waals surface area contributed by atoms with E-state index in [0.29, 0.717) is 18.4 Å². The maximum atomic E-state index is 12.7. The first kappa shape index (κ1) is 20.0. The predicted molar refractivity (Wildman–Crippen MR) is 102 cm³/mol. The SMILES string of the molecule is COC(=O)C(CC(C)C)n1nc(CCN2CC(OC)C2)c(C2CC2)cc1=O. The highest BCUT2D eigenvalue weighted by molar-refractivity contribution is 5.73. The van der Waals surface area contributed by atoms with Crippen molar-refractivity contribution in [2.45, 2.75) is 57.6 Å². The van der Waals surface area contributed by atoms with E-state index in [9.17, 15) is 9.59 Å². The van der Waals surface area contributed by atoms with Gasteiger partial charge in [0.2, 0.25) is 0 Å². The second-order valence-corrected chi connectivity index (χ2v) is 8.14. The number of hydrogen-bond acceptors (Lipinski definition) is 6. The average molecular weight is 377 g/mol. The largest absolute Gasteiger partial charge is 0.467 e. The molecule has 0 radical (unpaired) electrons. The maximum Gasteiger partial charge on any atom is 0.330 e. The summed E-state index contributed by atoms with van der Waals surface area (Å²) < 4.78 is 11.6. The molecule has 3 rings (SSSR count). The van der Waals surface area contributed by atoms with Gasteiger partial charge in [0.25, 0.3) is 5.56 Å². The molecule has 2 aliphatic rings. The van der Waals surface area contributed by atoms with E-state index < -0.39 is 12.0 Å². The van der Waals surface area contributed by atoms with Crippen molar-refractivity contribution in [3.05, 3.63) is 27.7 Å². The van der Waals surface area contributed by atoms with Crippen LogP contribution in [-0.2, 0) is 20.7 Å². The molecule has 0 N–H and O–H groups in total. The number of nitrogens with zero attached hydrogens (tertiary/aromatic N) is 3. The molecule has 2 heterocycles. The first-order chi connectivity index (χ1) is 12.9. The molecule has 7 nitrogen and oxygen atoms in total. The average Bonchev–Trinajstić information content (AvgIpc) is 3.43. The van der Waals surface area contributed by atoms with Crippen LogP contribution in [0.25, 0.3) is 0 Å². The summed E-state index contributed by atoms with van der Waals surface area (Å²) >= 11 is 0. The van der Waals surface area contributed by atoms with Crippen molar-refractivity contribution in [1.82, 2.24) is 14.7 Å². The molecule has 1 unspecified atom stereocenters. The number of esters is 1. The van der Waals surface area contributed by atoms with Gasteiger partial charge in [-0.25, -0.2) is 9.48 Å². The van der Waals surface area contributed by atoms with Gasteiger partial charge in [0, 0.05) is 39.2 Å². The highest BCUT2D eigenvalue weighted by atomic mass is 16.5. The van der Waals surface area contributed by atoms with Crippen molar-refractivity contribution < 1.29 is 14.3 Å². The van der Waals surface area contributed by atoms with E-state index in [1.807, 2.05) is 13.8 Å². The number of aromatic nitrogens is 2. The molecule has 1 aromatic rings. The molecule has 1 aliphatic heterocycles. The standard InChI is InChI=1S/C20H31N3O4/c1-13(2)9-18(20(25)27-4)23-19(24)10-16(14-5-6-14)17(21-23)7-8-22-11-15(12-22)26-3/h10,13-15,18H,5-9,11-12H2,1-4H3. The highest BCUT2D eigenvalue weighted by Gasteiger charge is 2.32. The minimum absolute atomic E-state index is 0.208. The Morgan fingerprint density at radius 1 is 1.30 bits per heavy atom. The lowest BCUT2D eigenvalue weighted by Crippen LogP contribution is -2.52. The first-order valence-corrected chi connectivity index (χ1v) is 9.88. The lowest BCUT2D eigenvalue weighted by Gasteiger charge is -2.38. The molecule has 1 aromatic heterocycles. The number of hydrogen-bond donors (Lipinski definition) is 0. The van der Waals surface area contributed by atoms with Gasteiger partial charge >= 0.3 is 5.97 Å². The van der Waals surface area contributed by atoms with E-state index in [4.69, 9.17) is 9.47 Å². The Morgan fingerprint density at radius 2 is 2.00 bits per heavy atom. The van der Waals surface area contributed by atoms with Crippen LogP contribution in [0.1, 0.15) is 56.3 Å². The zero-order valence-electron chi connectivity index (χ0n) is 16.8. The Labute approximate surface area is 160 Å². The molecule has 1 aliphatic carbocycles. The van der Waals surface area contributed by atoms with Crippen LogP contribution in [0.2, 0.25) is 0 Å². The first-order valence-electron chi connectivity index (χ1n) is 9.88. The monoisotopic (exact) mass is 377 g/mol. The van der Waals surface area contributed by atoms with Crippen LogP contribution in [0.4, 0.5) is 0 Å². The van der Waals surface area contributed by atoms with Crippen molar-refractivity contribution in [3.63, 3.8) is 0 Å². The summed E-state index contributed by atoms with van der Waals surface area (Å²) in [6, 6.07) is 1.03. The predicted octanol–water partition coefficient (Wildman–Crippen LogP) is 1.75. The summed E-state index contributed by atoms with van der Waals surface area (Å²) in [7, 11) is 3.10. The molecule has 1 saturated carbocycles. The minimum Gasteiger partial charge on any atom is -0.467 e. The minimum atomic E-state index is -0.670. The van der Waals surface area contributed by atoms with Crippen molar-refractivity contribution in [1.29, 1.82) is 0 Å². The molecular formula is C20H31N3O4. The van der Waals surface area contributed by atoms with Gasteiger partial charge in [-0.15, -0.1) is 0 Å². The molecule has 2 fully saturated rings. The van der Waals surface area contributed by atoms with Crippen LogP contribution < -0.4 is 5.56 Å². The van der Waals surface area contributed by atoms with Crippen molar-refractivity contribution in [3.8, 4) is 0 Å². The third-order valence-electron chi connectivity index (χ3n) is 5.47. The number of ether oxygens (including phenoxy) is 2. The molecule has 7 heteroatoms. The zero-order valence-corrected chi connectivity index (χ0v) is 16.8. The van der Waals surface area contributed by atoms with Crippen LogP contribution in [0.15, 0.2) is 10.9 Å². The quantitative estimate of drug-likeness (QED) is 0.611. The normalized spacial score (nSPS) is 19.1. The highest BCUT2D eigenvalue weighted by Crippen LogP contribution is 2.41. The second kappa shape index (κ2) is 8.52. The molecule has 150 valence electrons. The van der Waals surface area contributed by atoms with E-state index in [-0.39, 0.29) is 11.5 Å². The smallest absolute Gasteiger partial charge is 0.330 e. The van der Waals surface area contributed by atoms with Crippen LogP contribution in [-0.4, -0.2) is 60.6 Å². The number of likely N-dealkylation sites (tertiary alicyclic amines) is 1. The van der Waals surface area contributed by atoms with Crippen LogP contribution in [0.5, 0.6) is 0 Å². The van der Waals surface area contributed by atoms with Crippen LogP contribution >= 0.6 is 0 Å². The van der Waals surface area contributed by atoms with Crippen LogP contribution in [0, 0.1) is 5.92 Å². The molecule has 0 bridgehead atoms. The third kappa shape index (κ3) is 4.76. The maximum absolute atomic E-state index is 12.7. The topological polar surface area (TPSA) is 73.7 Å². The van der Waals surface area contributed by atoms with E-state index >= 15 is 0 Å². The Balaban J connectivity index is 1.83. The molecule has 1 atom stereocenters. The van der Waals surface area contributed by atoms with E-state index in [1.165, 1.54) is 11.8 Å². The van der Waals surface area contributed by atoms with Crippen molar-refractivity contribution in [2.75, 3.05) is 33.9 Å². The Morgan fingerprint density at radius 3 is 2.56 bits per heavy atom. The lowest BCUT2D eigenvalue weighted by molar-refractivity contribution is -0.145. The summed E-state index contributed by atoms with van der Waals surface area (Å²) in [6.07, 6.45) is 3.85. The second-order valence-electron chi connectivity index (χ2n) is 8.14. The van der Waals surface area contributed by atoms with Gasteiger partial charge in [-0.3, -0.25) is 9.69 Å². The molecule has 27 heavy (non-hydrogen) atoms. The van der Waals surface area contributed by atoms with Crippen LogP contribution in [0.3, 0.4) is 0 Å². The summed E-state index contributed by atoms with van der Waals surface area (Å²) in [4.78, 5) is 27.3. The number of carbonyl (C=O) groups is 1. The fourth-order valence-corrected chi connectivity index (χ4v) is 3.68. The molecular weight excluding hydrogens is 346 g/mol. The van der Waals surface area contributed by atoms with Gasteiger partial charge in [-0.2, -0.15) is 5.10 Å². The number of methoxy groups -OCH3 is 2. The summed E-state index contributed by atoms with van der Waals surface area (Å²) in [5, 5.41) is 4.67. The van der Waals surface area contributed by atoms with E-state index in [2.05, 4.69) is 10.00 Å². The van der Waals surface area contributed by atoms with E-state index in [0.717, 1.165) is 50.2 Å². The molecule has 0 spiro atoms. The van der Waals surface area contributed by atoms with Gasteiger partial charge in [0.15, 0.2) is 6.04 Å². The fourth-order valence-electron chi connectivity index (χ4n) is 3.68. The summed E-state index contributed by atoms with van der Waals surface area (Å²) in [6.45, 7) is 6.81. The Bertz CT molecular complexity index is 720. The summed E-state index contributed by atoms with van der Waals surface area (Å²) in [5.41, 5.74) is 1.80. The molecule has 1 saturated heterocycles. The van der Waals surface area contributed by atoms with E-state index in [1.54, 1.807) is 13.2 Å². The summed E-state index contributed by atoms with van der Waals surface area (Å²) in [5.74, 6) is 0.287. The van der Waals surface area contributed by atoms with Crippen molar-refractivity contribution in [2.24, 2.45) is 5.92 Å². The fraction of sp³-hybridized carbons (Fsp3) is 0.750. The molecule has 0 amide bonds. The Hall–Kier alpha value is -1.73. The molecule has 0 aromatic carbocycles. The van der Waals surface area contributed by atoms with Gasteiger partial charge in [0.05, 0.1) is 18.9 Å². The van der Waals surface area contributed by atoms with Gasteiger partial charge in [-0.1, -0.05) is 13.8 Å². The lowest BCUT2D eigenvalue weighted by atomic mass is 10.0. The number of rotatable bonds is 9. The van der Waals surface area contributed by atoms with Gasteiger partial charge in [-0.05, 0) is 36.7 Å². The Kier molecular flexibility index (Phi) is 6.32.